The number of carbonyl (C=O) groups excluding carboxylic acids is 1. The molecule has 0 saturated carbocycles. The molecule has 0 aliphatic carbocycles. The Hall–Kier alpha value is -2.08. The Morgan fingerprint density at radius 2 is 1.81 bits per heavy atom. The number of halogens is 3. The van der Waals surface area contributed by atoms with Crippen molar-refractivity contribution in [3.8, 4) is 0 Å². The van der Waals surface area contributed by atoms with Crippen molar-refractivity contribution in [3.05, 3.63) is 47.5 Å². The summed E-state index contributed by atoms with van der Waals surface area (Å²) in [6.07, 6.45) is -4.52. The van der Waals surface area contributed by atoms with Crippen LogP contribution in [0.2, 0.25) is 0 Å². The summed E-state index contributed by atoms with van der Waals surface area (Å²) in [6.45, 7) is 7.21. The molecule has 0 radical (unpaired) electrons. The molecule has 1 aliphatic heterocycles. The number of nitrogens with zero attached hydrogens (tertiary/aromatic N) is 1. The molecule has 1 aliphatic rings. The van der Waals surface area contributed by atoms with Crippen LogP contribution in [0.5, 0.6) is 0 Å². The van der Waals surface area contributed by atoms with Gasteiger partial charge in [0.1, 0.15) is 0 Å². The summed E-state index contributed by atoms with van der Waals surface area (Å²) in [5, 5.41) is 2.36. The number of amides is 1. The average Bonchev–Trinajstić information content (AvgIpc) is 2.78. The maximum absolute atomic E-state index is 14.1. The van der Waals surface area contributed by atoms with Crippen molar-refractivity contribution in [2.45, 2.75) is 45.8 Å². The monoisotopic (exact) mass is 364 g/mol. The third-order valence-electron chi connectivity index (χ3n) is 4.92. The van der Waals surface area contributed by atoms with Crippen molar-refractivity contribution < 1.29 is 18.0 Å². The van der Waals surface area contributed by atoms with Crippen molar-refractivity contribution in [1.29, 1.82) is 0 Å². The van der Waals surface area contributed by atoms with Gasteiger partial charge < -0.3 is 0 Å². The van der Waals surface area contributed by atoms with Crippen LogP contribution in [0.15, 0.2) is 36.4 Å². The molecule has 1 N–H and O–H groups in total. The Morgan fingerprint density at radius 3 is 2.35 bits per heavy atom. The first-order chi connectivity index (χ1) is 12.0. The first-order valence-electron chi connectivity index (χ1n) is 8.68. The van der Waals surface area contributed by atoms with E-state index in [0.29, 0.717) is 5.39 Å². The molecule has 1 fully saturated rings. The number of hydrazine groups is 1. The first-order valence-corrected chi connectivity index (χ1v) is 8.68. The Bertz CT molecular complexity index is 843. The van der Waals surface area contributed by atoms with Gasteiger partial charge in [-0.2, -0.15) is 13.2 Å². The number of carbonyl (C=O) groups is 1. The lowest BCUT2D eigenvalue weighted by Crippen LogP contribution is -2.43. The summed E-state index contributed by atoms with van der Waals surface area (Å²) < 4.78 is 42.3. The second-order valence-electron chi connectivity index (χ2n) is 7.88. The first kappa shape index (κ1) is 18.7. The van der Waals surface area contributed by atoms with Crippen LogP contribution in [-0.2, 0) is 4.79 Å². The van der Waals surface area contributed by atoms with Gasteiger partial charge in [0.25, 0.3) is 0 Å². The smallest absolute Gasteiger partial charge is 0.287 e. The van der Waals surface area contributed by atoms with Crippen LogP contribution in [0, 0.1) is 5.41 Å². The summed E-state index contributed by atoms with van der Waals surface area (Å²) in [6, 6.07) is 8.75. The number of hydrogen-bond acceptors (Lipinski definition) is 2. The van der Waals surface area contributed by atoms with Gasteiger partial charge in [-0.25, -0.2) is 5.01 Å². The minimum absolute atomic E-state index is 0.00373. The van der Waals surface area contributed by atoms with Crippen molar-refractivity contribution >= 4 is 16.7 Å². The summed E-state index contributed by atoms with van der Waals surface area (Å²) in [4.78, 5) is 12.1. The molecule has 0 aromatic heterocycles. The topological polar surface area (TPSA) is 32.3 Å². The van der Waals surface area contributed by atoms with Gasteiger partial charge in [0.05, 0.1) is 5.41 Å². The molecule has 26 heavy (non-hydrogen) atoms. The van der Waals surface area contributed by atoms with Gasteiger partial charge in [-0.15, -0.1) is 0 Å². The molecule has 2 aromatic carbocycles. The Balaban J connectivity index is 2.21. The van der Waals surface area contributed by atoms with Gasteiger partial charge >= 0.3 is 6.18 Å². The van der Waals surface area contributed by atoms with Gasteiger partial charge in [0.15, 0.2) is 6.04 Å². The van der Waals surface area contributed by atoms with E-state index in [1.165, 1.54) is 0 Å². The molecule has 3 nitrogen and oxygen atoms in total. The van der Waals surface area contributed by atoms with Crippen molar-refractivity contribution in [2.75, 3.05) is 6.54 Å². The van der Waals surface area contributed by atoms with Crippen LogP contribution in [0.3, 0.4) is 0 Å². The van der Waals surface area contributed by atoms with Gasteiger partial charge in [-0.1, -0.05) is 50.2 Å². The fourth-order valence-corrected chi connectivity index (χ4v) is 3.42. The SMILES string of the molecule is CC(C)c1cc([C@H](N2CC(C)(C)C(=O)N2)C(F)(F)F)c2ccccc2c1. The van der Waals surface area contributed by atoms with Crippen LogP contribution >= 0.6 is 0 Å². The molecule has 1 saturated heterocycles. The highest BCUT2D eigenvalue weighted by atomic mass is 19.4. The Morgan fingerprint density at radius 1 is 1.15 bits per heavy atom. The Kier molecular flexibility index (Phi) is 4.51. The average molecular weight is 364 g/mol. The largest absolute Gasteiger partial charge is 0.409 e. The van der Waals surface area contributed by atoms with Gasteiger partial charge in [-0.05, 0) is 41.7 Å². The molecule has 1 atom stereocenters. The third kappa shape index (κ3) is 3.30. The minimum Gasteiger partial charge on any atom is -0.287 e. The highest BCUT2D eigenvalue weighted by Gasteiger charge is 2.51. The van der Waals surface area contributed by atoms with E-state index in [2.05, 4.69) is 5.43 Å². The number of nitrogens with one attached hydrogen (secondary N) is 1. The van der Waals surface area contributed by atoms with E-state index >= 15 is 0 Å². The second kappa shape index (κ2) is 6.27. The minimum atomic E-state index is -4.52. The lowest BCUT2D eigenvalue weighted by molar-refractivity contribution is -0.191. The molecule has 0 spiro atoms. The number of fused-ring (bicyclic) bond motifs is 1. The summed E-state index contributed by atoms with van der Waals surface area (Å²) in [5.41, 5.74) is 2.59. The molecule has 140 valence electrons. The number of alkyl halides is 3. The van der Waals surface area contributed by atoms with E-state index in [1.54, 1.807) is 32.0 Å². The number of hydrogen-bond donors (Lipinski definition) is 1. The van der Waals surface area contributed by atoms with Crippen molar-refractivity contribution in [1.82, 2.24) is 10.4 Å². The summed E-state index contributed by atoms with van der Waals surface area (Å²) in [5.74, 6) is -0.298. The van der Waals surface area contributed by atoms with Crippen LogP contribution in [0.25, 0.3) is 10.8 Å². The predicted octanol–water partition coefficient (Wildman–Crippen LogP) is 4.94. The van der Waals surface area contributed by atoms with E-state index in [0.717, 1.165) is 16.0 Å². The zero-order valence-electron chi connectivity index (χ0n) is 15.3. The van der Waals surface area contributed by atoms with Crippen LogP contribution in [0.1, 0.15) is 50.8 Å². The summed E-state index contributed by atoms with van der Waals surface area (Å²) >= 11 is 0. The summed E-state index contributed by atoms with van der Waals surface area (Å²) in [7, 11) is 0. The van der Waals surface area contributed by atoms with E-state index in [1.807, 2.05) is 32.0 Å². The lowest BCUT2D eigenvalue weighted by Gasteiger charge is -2.31. The molecular formula is C20H23F3N2O. The molecule has 2 aromatic rings. The van der Waals surface area contributed by atoms with Gasteiger partial charge in [-0.3, -0.25) is 10.2 Å². The maximum Gasteiger partial charge on any atom is 0.409 e. The molecule has 0 unspecified atom stereocenters. The molecule has 1 amide bonds. The van der Waals surface area contributed by atoms with E-state index in [9.17, 15) is 18.0 Å². The van der Waals surface area contributed by atoms with Crippen LogP contribution in [-0.4, -0.2) is 23.6 Å². The second-order valence-corrected chi connectivity index (χ2v) is 7.88. The Labute approximate surface area is 151 Å². The van der Waals surface area contributed by atoms with Crippen molar-refractivity contribution in [2.24, 2.45) is 5.41 Å². The fraction of sp³-hybridized carbons (Fsp3) is 0.450. The zero-order chi connectivity index (χ0) is 19.3. The van der Waals surface area contributed by atoms with Crippen molar-refractivity contribution in [3.63, 3.8) is 0 Å². The van der Waals surface area contributed by atoms with Gasteiger partial charge in [0, 0.05) is 6.54 Å². The van der Waals surface area contributed by atoms with Gasteiger partial charge in [0.2, 0.25) is 5.91 Å². The highest BCUT2D eigenvalue weighted by Crippen LogP contribution is 2.43. The molecule has 1 heterocycles. The lowest BCUT2D eigenvalue weighted by atomic mass is 9.90. The maximum atomic E-state index is 14.1. The highest BCUT2D eigenvalue weighted by molar-refractivity contribution is 5.87. The van der Waals surface area contributed by atoms with Crippen LogP contribution in [0.4, 0.5) is 13.2 Å². The van der Waals surface area contributed by atoms with Crippen LogP contribution < -0.4 is 5.43 Å². The fourth-order valence-electron chi connectivity index (χ4n) is 3.42. The normalized spacial score (nSPS) is 19.2. The quantitative estimate of drug-likeness (QED) is 0.837. The van der Waals surface area contributed by atoms with E-state index in [4.69, 9.17) is 0 Å². The van der Waals surface area contributed by atoms with E-state index < -0.39 is 23.5 Å². The number of rotatable bonds is 3. The predicted molar refractivity (Wildman–Crippen MR) is 95.5 cm³/mol. The van der Waals surface area contributed by atoms with E-state index in [-0.39, 0.29) is 18.0 Å². The molecule has 6 heteroatoms. The zero-order valence-corrected chi connectivity index (χ0v) is 15.3. The standard InChI is InChI=1S/C20H23F3N2O/c1-12(2)14-9-13-7-5-6-8-15(13)16(10-14)17(20(21,22)23)25-11-19(3,4)18(26)24-25/h5-10,12,17H,11H2,1-4H3,(H,24,26)/t17-/m0/s1. The number of benzene rings is 2. The third-order valence-corrected chi connectivity index (χ3v) is 4.92. The molecule has 3 rings (SSSR count). The molecular weight excluding hydrogens is 341 g/mol. The molecule has 0 bridgehead atoms.